The minimum atomic E-state index is -3.66. The molecule has 2 heterocycles. The number of ether oxygens (including phenoxy) is 2. The molecule has 1 fully saturated rings. The van der Waals surface area contributed by atoms with Crippen molar-refractivity contribution in [1.29, 1.82) is 0 Å². The highest BCUT2D eigenvalue weighted by Crippen LogP contribution is 2.29. The average molecular weight is 363 g/mol. The molecule has 0 radical (unpaired) electrons. The van der Waals surface area contributed by atoms with Gasteiger partial charge in [-0.1, -0.05) is 6.07 Å². The van der Waals surface area contributed by atoms with Crippen molar-refractivity contribution in [3.63, 3.8) is 0 Å². The fourth-order valence-corrected chi connectivity index (χ4v) is 4.59. The fourth-order valence-electron chi connectivity index (χ4n) is 2.84. The summed E-state index contributed by atoms with van der Waals surface area (Å²) in [5, 5.41) is 0. The molecule has 25 heavy (non-hydrogen) atoms. The molecular weight excluding hydrogens is 342 g/mol. The summed E-state index contributed by atoms with van der Waals surface area (Å²) in [4.78, 5) is 8.26. The first-order valence-corrected chi connectivity index (χ1v) is 9.53. The molecule has 7 nitrogen and oxygen atoms in total. The molecule has 1 saturated heterocycles. The van der Waals surface area contributed by atoms with Crippen LogP contribution < -0.4 is 9.47 Å². The lowest BCUT2D eigenvalue weighted by Crippen LogP contribution is -2.44. The van der Waals surface area contributed by atoms with Crippen LogP contribution in [0.5, 0.6) is 11.8 Å². The molecule has 1 aliphatic heterocycles. The number of hydrogen-bond acceptors (Lipinski definition) is 6. The lowest BCUT2D eigenvalue weighted by molar-refractivity contribution is 0.119. The number of piperidine rings is 1. The summed E-state index contributed by atoms with van der Waals surface area (Å²) in [5.41, 5.74) is 0.863. The first-order chi connectivity index (χ1) is 12.0. The van der Waals surface area contributed by atoms with Crippen LogP contribution in [-0.2, 0) is 10.0 Å². The van der Waals surface area contributed by atoms with Gasteiger partial charge in [0.15, 0.2) is 0 Å². The summed E-state index contributed by atoms with van der Waals surface area (Å²) in [5.74, 6) is 0.347. The van der Waals surface area contributed by atoms with Crippen LogP contribution in [0.1, 0.15) is 18.4 Å². The van der Waals surface area contributed by atoms with E-state index in [1.54, 1.807) is 30.6 Å². The molecule has 2 aromatic rings. The van der Waals surface area contributed by atoms with Crippen molar-refractivity contribution in [2.24, 2.45) is 0 Å². The van der Waals surface area contributed by atoms with Crippen LogP contribution >= 0.6 is 0 Å². The van der Waals surface area contributed by atoms with E-state index in [0.717, 1.165) is 12.0 Å². The topological polar surface area (TPSA) is 81.6 Å². The molecule has 0 amide bonds. The zero-order valence-corrected chi connectivity index (χ0v) is 15.1. The average Bonchev–Trinajstić information content (AvgIpc) is 2.63. The predicted molar refractivity (Wildman–Crippen MR) is 92.2 cm³/mol. The zero-order chi connectivity index (χ0) is 17.9. The van der Waals surface area contributed by atoms with E-state index < -0.39 is 10.0 Å². The third kappa shape index (κ3) is 3.91. The minimum Gasteiger partial charge on any atom is -0.495 e. The molecular formula is C17H21N3O4S. The van der Waals surface area contributed by atoms with Gasteiger partial charge in [0.1, 0.15) is 16.7 Å². The van der Waals surface area contributed by atoms with Crippen LogP contribution in [0.2, 0.25) is 0 Å². The Morgan fingerprint density at radius 3 is 2.72 bits per heavy atom. The fraction of sp³-hybridized carbons (Fsp3) is 0.412. The van der Waals surface area contributed by atoms with Crippen LogP contribution in [0, 0.1) is 6.92 Å². The zero-order valence-electron chi connectivity index (χ0n) is 14.3. The maximum Gasteiger partial charge on any atom is 0.316 e. The number of rotatable bonds is 5. The highest BCUT2D eigenvalue weighted by atomic mass is 32.2. The number of benzene rings is 1. The van der Waals surface area contributed by atoms with Crippen LogP contribution in [0.3, 0.4) is 0 Å². The number of aryl methyl sites for hydroxylation is 1. The van der Waals surface area contributed by atoms with E-state index in [2.05, 4.69) is 9.97 Å². The van der Waals surface area contributed by atoms with Crippen molar-refractivity contribution in [2.45, 2.75) is 30.8 Å². The normalized spacial score (nSPS) is 18.7. The van der Waals surface area contributed by atoms with Gasteiger partial charge < -0.3 is 9.47 Å². The number of methoxy groups -OCH3 is 1. The van der Waals surface area contributed by atoms with Gasteiger partial charge in [0.25, 0.3) is 0 Å². The number of nitrogens with zero attached hydrogens (tertiary/aromatic N) is 3. The van der Waals surface area contributed by atoms with Crippen molar-refractivity contribution in [1.82, 2.24) is 14.3 Å². The Morgan fingerprint density at radius 2 is 2.00 bits per heavy atom. The van der Waals surface area contributed by atoms with E-state index >= 15 is 0 Å². The van der Waals surface area contributed by atoms with Crippen molar-refractivity contribution in [3.8, 4) is 11.8 Å². The van der Waals surface area contributed by atoms with E-state index in [1.807, 2.05) is 13.0 Å². The summed E-state index contributed by atoms with van der Waals surface area (Å²) in [6.45, 7) is 2.57. The molecule has 0 bridgehead atoms. The SMILES string of the molecule is COc1ccc(C)cc1S(=O)(=O)N1CCCC(Oc2ncccn2)C1. The minimum absolute atomic E-state index is 0.187. The molecule has 1 aromatic carbocycles. The van der Waals surface area contributed by atoms with Gasteiger partial charge in [-0.2, -0.15) is 4.31 Å². The summed E-state index contributed by atoms with van der Waals surface area (Å²) in [7, 11) is -2.19. The Kier molecular flexibility index (Phi) is 5.19. The highest BCUT2D eigenvalue weighted by Gasteiger charge is 2.33. The quantitative estimate of drug-likeness (QED) is 0.808. The lowest BCUT2D eigenvalue weighted by atomic mass is 10.1. The van der Waals surface area contributed by atoms with Crippen LogP contribution in [0.15, 0.2) is 41.6 Å². The molecule has 8 heteroatoms. The summed E-state index contributed by atoms with van der Waals surface area (Å²) in [6.07, 6.45) is 4.39. The molecule has 1 aliphatic rings. The van der Waals surface area contributed by atoms with Gasteiger partial charge in [-0.3, -0.25) is 0 Å². The van der Waals surface area contributed by atoms with E-state index in [4.69, 9.17) is 9.47 Å². The Hall–Kier alpha value is -2.19. The predicted octanol–water partition coefficient (Wildman–Crippen LogP) is 2.03. The molecule has 0 aliphatic carbocycles. The maximum absolute atomic E-state index is 13.1. The van der Waals surface area contributed by atoms with Crippen LogP contribution in [0.4, 0.5) is 0 Å². The summed E-state index contributed by atoms with van der Waals surface area (Å²) >= 11 is 0. The second-order valence-electron chi connectivity index (χ2n) is 5.93. The van der Waals surface area contributed by atoms with Gasteiger partial charge in [-0.05, 0) is 43.5 Å². The number of sulfonamides is 1. The Morgan fingerprint density at radius 1 is 1.24 bits per heavy atom. The van der Waals surface area contributed by atoms with Crippen LogP contribution in [0.25, 0.3) is 0 Å². The molecule has 1 aromatic heterocycles. The highest BCUT2D eigenvalue weighted by molar-refractivity contribution is 7.89. The van der Waals surface area contributed by atoms with Gasteiger partial charge in [0, 0.05) is 18.9 Å². The van der Waals surface area contributed by atoms with E-state index in [0.29, 0.717) is 18.7 Å². The molecule has 1 atom stereocenters. The molecule has 1 unspecified atom stereocenters. The second-order valence-corrected chi connectivity index (χ2v) is 7.84. The number of aromatic nitrogens is 2. The second kappa shape index (κ2) is 7.37. The van der Waals surface area contributed by atoms with Gasteiger partial charge in [0.05, 0.1) is 13.7 Å². The van der Waals surface area contributed by atoms with E-state index in [9.17, 15) is 8.42 Å². The van der Waals surface area contributed by atoms with E-state index in [-0.39, 0.29) is 23.6 Å². The third-order valence-electron chi connectivity index (χ3n) is 4.09. The van der Waals surface area contributed by atoms with Gasteiger partial charge in [-0.15, -0.1) is 0 Å². The first kappa shape index (κ1) is 17.6. The largest absolute Gasteiger partial charge is 0.495 e. The van der Waals surface area contributed by atoms with Crippen molar-refractivity contribution in [2.75, 3.05) is 20.2 Å². The maximum atomic E-state index is 13.1. The molecule has 0 spiro atoms. The third-order valence-corrected chi connectivity index (χ3v) is 5.98. The summed E-state index contributed by atoms with van der Waals surface area (Å²) < 4.78 is 38.6. The number of hydrogen-bond donors (Lipinski definition) is 0. The van der Waals surface area contributed by atoms with Gasteiger partial charge in [-0.25, -0.2) is 18.4 Å². The van der Waals surface area contributed by atoms with Gasteiger partial charge in [0.2, 0.25) is 10.0 Å². The molecule has 134 valence electrons. The Bertz CT molecular complexity index is 827. The van der Waals surface area contributed by atoms with Crippen molar-refractivity contribution >= 4 is 10.0 Å². The molecule has 0 N–H and O–H groups in total. The lowest BCUT2D eigenvalue weighted by Gasteiger charge is -2.31. The Balaban J connectivity index is 1.81. The Labute approximate surface area is 147 Å². The van der Waals surface area contributed by atoms with Crippen molar-refractivity contribution in [3.05, 3.63) is 42.2 Å². The van der Waals surface area contributed by atoms with Crippen molar-refractivity contribution < 1.29 is 17.9 Å². The summed E-state index contributed by atoms with van der Waals surface area (Å²) in [6, 6.07) is 7.11. The van der Waals surface area contributed by atoms with Gasteiger partial charge >= 0.3 is 6.01 Å². The first-order valence-electron chi connectivity index (χ1n) is 8.09. The van der Waals surface area contributed by atoms with E-state index in [1.165, 1.54) is 11.4 Å². The monoisotopic (exact) mass is 363 g/mol. The van der Waals surface area contributed by atoms with Crippen LogP contribution in [-0.4, -0.2) is 49.0 Å². The smallest absolute Gasteiger partial charge is 0.316 e. The standard InChI is InChI=1S/C17H21N3O4S/c1-13-6-7-15(23-2)16(11-13)25(21,22)20-10-3-5-14(12-20)24-17-18-8-4-9-19-17/h4,6-9,11,14H,3,5,10,12H2,1-2H3. The molecule has 3 rings (SSSR count). The molecule has 0 saturated carbocycles.